The van der Waals surface area contributed by atoms with Crippen LogP contribution in [0.2, 0.25) is 0 Å². The quantitative estimate of drug-likeness (QED) is 0.619. The fourth-order valence-corrected chi connectivity index (χ4v) is 1.59. The zero-order chi connectivity index (χ0) is 12.3. The minimum absolute atomic E-state index is 0.149. The lowest BCUT2D eigenvalue weighted by Gasteiger charge is -2.36. The Kier molecular flexibility index (Phi) is 4.67. The first-order chi connectivity index (χ1) is 7.40. The summed E-state index contributed by atoms with van der Waals surface area (Å²) in [6.45, 7) is 3.27. The van der Waals surface area contributed by atoms with Crippen molar-refractivity contribution in [1.82, 2.24) is 0 Å². The predicted octanol–water partition coefficient (Wildman–Crippen LogP) is -0.277. The second-order valence-corrected chi connectivity index (χ2v) is 4.12. The van der Waals surface area contributed by atoms with Crippen molar-refractivity contribution in [1.29, 1.82) is 0 Å². The van der Waals surface area contributed by atoms with E-state index in [9.17, 15) is 15.0 Å². The number of carboxylic acids is 1. The number of hydrogen-bond acceptors (Lipinski definition) is 5. The number of aliphatic carboxylic acids is 1. The average Bonchev–Trinajstić information content (AvgIpc) is 2.12. The van der Waals surface area contributed by atoms with Gasteiger partial charge in [-0.2, -0.15) is 0 Å². The number of aliphatic hydroxyl groups is 2. The molecule has 5 atom stereocenters. The Morgan fingerprint density at radius 1 is 1.50 bits per heavy atom. The highest BCUT2D eigenvalue weighted by atomic mass is 16.7. The third kappa shape index (κ3) is 3.71. The molecule has 3 N–H and O–H groups in total. The fourth-order valence-electron chi connectivity index (χ4n) is 1.59. The van der Waals surface area contributed by atoms with E-state index in [1.54, 1.807) is 13.8 Å². The van der Waals surface area contributed by atoms with Gasteiger partial charge in [0.25, 0.3) is 0 Å². The molecule has 0 amide bonds. The SMILES string of the molecule is CC1O[C@@H](O[C@H](C)CC(=O)O)[C@@H](O)C[C@H]1O. The average molecular weight is 234 g/mol. The monoisotopic (exact) mass is 234 g/mol. The highest BCUT2D eigenvalue weighted by Gasteiger charge is 2.35. The molecule has 1 heterocycles. The number of carbonyl (C=O) groups is 1. The maximum absolute atomic E-state index is 10.4. The maximum Gasteiger partial charge on any atom is 0.305 e. The van der Waals surface area contributed by atoms with E-state index in [4.69, 9.17) is 14.6 Å². The Morgan fingerprint density at radius 3 is 2.69 bits per heavy atom. The van der Waals surface area contributed by atoms with Crippen molar-refractivity contribution in [3.63, 3.8) is 0 Å². The van der Waals surface area contributed by atoms with Gasteiger partial charge in [-0.05, 0) is 13.8 Å². The van der Waals surface area contributed by atoms with E-state index in [1.165, 1.54) is 0 Å². The van der Waals surface area contributed by atoms with Crippen molar-refractivity contribution >= 4 is 5.97 Å². The summed E-state index contributed by atoms with van der Waals surface area (Å²) in [4.78, 5) is 10.4. The van der Waals surface area contributed by atoms with Gasteiger partial charge in [0.2, 0.25) is 0 Å². The second kappa shape index (κ2) is 5.58. The second-order valence-electron chi connectivity index (χ2n) is 4.12. The first-order valence-electron chi connectivity index (χ1n) is 5.29. The molecular formula is C10H18O6. The highest BCUT2D eigenvalue weighted by molar-refractivity contribution is 5.67. The molecule has 6 nitrogen and oxygen atoms in total. The first kappa shape index (κ1) is 13.4. The zero-order valence-corrected chi connectivity index (χ0v) is 9.37. The van der Waals surface area contributed by atoms with Crippen LogP contribution in [0.4, 0.5) is 0 Å². The van der Waals surface area contributed by atoms with E-state index in [1.807, 2.05) is 0 Å². The van der Waals surface area contributed by atoms with E-state index < -0.39 is 36.7 Å². The molecule has 0 aromatic heterocycles. The van der Waals surface area contributed by atoms with Crippen LogP contribution in [0.3, 0.4) is 0 Å². The lowest BCUT2D eigenvalue weighted by Crippen LogP contribution is -2.48. The molecular weight excluding hydrogens is 216 g/mol. The Balaban J connectivity index is 2.44. The van der Waals surface area contributed by atoms with Crippen LogP contribution < -0.4 is 0 Å². The number of hydrogen-bond donors (Lipinski definition) is 3. The predicted molar refractivity (Wildman–Crippen MR) is 53.8 cm³/mol. The lowest BCUT2D eigenvalue weighted by molar-refractivity contribution is -0.273. The standard InChI is InChI=1S/C10H18O6/c1-5(3-9(13)14)15-10-8(12)4-7(11)6(2)16-10/h5-8,10-12H,3-4H2,1-2H3,(H,13,14)/t5-,6?,7-,8+,10-/m1/s1. The topological polar surface area (TPSA) is 96.2 Å². The summed E-state index contributed by atoms with van der Waals surface area (Å²) in [5.74, 6) is -0.967. The van der Waals surface area contributed by atoms with Gasteiger partial charge in [-0.1, -0.05) is 0 Å². The van der Waals surface area contributed by atoms with E-state index in [0.29, 0.717) is 0 Å². The molecule has 6 heteroatoms. The summed E-state index contributed by atoms with van der Waals surface area (Å²) in [7, 11) is 0. The normalized spacial score (nSPS) is 37.0. The van der Waals surface area contributed by atoms with Crippen molar-refractivity contribution in [2.75, 3.05) is 0 Å². The molecule has 1 fully saturated rings. The van der Waals surface area contributed by atoms with Gasteiger partial charge in [0.05, 0.1) is 24.7 Å². The van der Waals surface area contributed by atoms with Crippen molar-refractivity contribution in [3.05, 3.63) is 0 Å². The van der Waals surface area contributed by atoms with Crippen LogP contribution >= 0.6 is 0 Å². The molecule has 1 saturated heterocycles. The van der Waals surface area contributed by atoms with Gasteiger partial charge >= 0.3 is 5.97 Å². The number of ether oxygens (including phenoxy) is 2. The number of aliphatic hydroxyl groups excluding tert-OH is 2. The molecule has 0 aromatic carbocycles. The Morgan fingerprint density at radius 2 is 2.12 bits per heavy atom. The smallest absolute Gasteiger partial charge is 0.305 e. The molecule has 16 heavy (non-hydrogen) atoms. The van der Waals surface area contributed by atoms with Crippen molar-refractivity contribution in [3.8, 4) is 0 Å². The number of carboxylic acid groups (broad SMARTS) is 1. The molecule has 0 bridgehead atoms. The van der Waals surface area contributed by atoms with E-state index in [0.717, 1.165) is 0 Å². The molecule has 1 unspecified atom stereocenters. The molecule has 1 aliphatic rings. The molecule has 1 rings (SSSR count). The number of rotatable bonds is 4. The molecule has 0 spiro atoms. The third-order valence-electron chi connectivity index (χ3n) is 2.52. The van der Waals surface area contributed by atoms with Crippen LogP contribution in [0.1, 0.15) is 26.7 Å². The largest absolute Gasteiger partial charge is 0.481 e. The van der Waals surface area contributed by atoms with Gasteiger partial charge in [0.1, 0.15) is 6.10 Å². The summed E-state index contributed by atoms with van der Waals surface area (Å²) >= 11 is 0. The molecule has 0 aliphatic carbocycles. The van der Waals surface area contributed by atoms with E-state index >= 15 is 0 Å². The van der Waals surface area contributed by atoms with E-state index in [2.05, 4.69) is 0 Å². The van der Waals surface area contributed by atoms with Crippen LogP contribution in [-0.4, -0.2) is 52.0 Å². The molecule has 0 aromatic rings. The molecule has 0 radical (unpaired) electrons. The third-order valence-corrected chi connectivity index (χ3v) is 2.52. The van der Waals surface area contributed by atoms with Gasteiger partial charge in [-0.3, -0.25) is 4.79 Å². The Hall–Kier alpha value is -0.690. The molecule has 94 valence electrons. The summed E-state index contributed by atoms with van der Waals surface area (Å²) in [6, 6.07) is 0. The van der Waals surface area contributed by atoms with Crippen molar-refractivity contribution in [2.24, 2.45) is 0 Å². The summed E-state index contributed by atoms with van der Waals surface area (Å²) < 4.78 is 10.5. The minimum atomic E-state index is -0.967. The highest BCUT2D eigenvalue weighted by Crippen LogP contribution is 2.22. The van der Waals surface area contributed by atoms with Gasteiger partial charge in [-0.15, -0.1) is 0 Å². The van der Waals surface area contributed by atoms with Crippen LogP contribution in [0.25, 0.3) is 0 Å². The van der Waals surface area contributed by atoms with E-state index in [-0.39, 0.29) is 12.8 Å². The van der Waals surface area contributed by atoms with Gasteiger partial charge in [0.15, 0.2) is 6.29 Å². The van der Waals surface area contributed by atoms with Gasteiger partial charge in [0, 0.05) is 6.42 Å². The summed E-state index contributed by atoms with van der Waals surface area (Å²) in [5, 5.41) is 27.5. The van der Waals surface area contributed by atoms with Gasteiger partial charge in [-0.25, -0.2) is 0 Å². The Labute approximate surface area is 93.8 Å². The van der Waals surface area contributed by atoms with Crippen LogP contribution in [0.5, 0.6) is 0 Å². The van der Waals surface area contributed by atoms with Gasteiger partial charge < -0.3 is 24.8 Å². The van der Waals surface area contributed by atoms with Crippen LogP contribution in [0.15, 0.2) is 0 Å². The van der Waals surface area contributed by atoms with Crippen molar-refractivity contribution in [2.45, 2.75) is 57.4 Å². The molecule has 1 aliphatic heterocycles. The minimum Gasteiger partial charge on any atom is -0.481 e. The van der Waals surface area contributed by atoms with Crippen LogP contribution in [0, 0.1) is 0 Å². The van der Waals surface area contributed by atoms with Crippen LogP contribution in [-0.2, 0) is 14.3 Å². The first-order valence-corrected chi connectivity index (χ1v) is 5.29. The zero-order valence-electron chi connectivity index (χ0n) is 9.37. The van der Waals surface area contributed by atoms with Crippen molar-refractivity contribution < 1.29 is 29.6 Å². The lowest BCUT2D eigenvalue weighted by atomic mass is 10.0. The maximum atomic E-state index is 10.4. The molecule has 0 saturated carbocycles. The summed E-state index contributed by atoms with van der Waals surface area (Å²) in [5.41, 5.74) is 0. The Bertz CT molecular complexity index is 243. The summed E-state index contributed by atoms with van der Waals surface area (Å²) in [6.07, 6.45) is -3.46. The fraction of sp³-hybridized carbons (Fsp3) is 0.900.